The topological polar surface area (TPSA) is 51.9 Å². The highest BCUT2D eigenvalue weighted by Gasteiger charge is 2.16. The Balaban J connectivity index is 0.000000396. The molecule has 0 amide bonds. The third-order valence-corrected chi connectivity index (χ3v) is 2.14. The lowest BCUT2D eigenvalue weighted by molar-refractivity contribution is 0.311. The van der Waals surface area contributed by atoms with Crippen molar-refractivity contribution in [3.05, 3.63) is 21.6 Å². The number of hydrogen-bond acceptors (Lipinski definition) is 2. The van der Waals surface area contributed by atoms with Crippen molar-refractivity contribution in [2.75, 3.05) is 13.6 Å². The molecule has 0 saturated heterocycles. The Morgan fingerprint density at radius 2 is 2.00 bits per heavy atom. The molecule has 4 nitrogen and oxygen atoms in total. The Hall–Kier alpha value is -1.03. The summed E-state index contributed by atoms with van der Waals surface area (Å²) >= 11 is 0. The van der Waals surface area contributed by atoms with Crippen LogP contribution < -0.4 is 5.56 Å². The van der Waals surface area contributed by atoms with E-state index in [1.165, 1.54) is 0 Å². The molecule has 0 radical (unpaired) electrons. The number of rotatable bonds is 0. The molecule has 1 aromatic rings. The summed E-state index contributed by atoms with van der Waals surface area (Å²) in [5, 5.41) is 5.47. The van der Waals surface area contributed by atoms with Crippen LogP contribution in [0.5, 0.6) is 0 Å². The average molecular weight is 183 g/mol. The zero-order chi connectivity index (χ0) is 9.84. The van der Waals surface area contributed by atoms with E-state index >= 15 is 0 Å². The van der Waals surface area contributed by atoms with Crippen molar-refractivity contribution >= 4 is 0 Å². The van der Waals surface area contributed by atoms with Gasteiger partial charge in [0.1, 0.15) is 0 Å². The highest BCUT2D eigenvalue weighted by molar-refractivity contribution is 5.18. The first kappa shape index (κ1) is 10.1. The van der Waals surface area contributed by atoms with E-state index in [-0.39, 0.29) is 5.56 Å². The van der Waals surface area contributed by atoms with Gasteiger partial charge in [-0.2, -0.15) is 0 Å². The first-order valence-corrected chi connectivity index (χ1v) is 4.74. The molecule has 1 aliphatic heterocycles. The van der Waals surface area contributed by atoms with Crippen molar-refractivity contribution in [3.63, 3.8) is 0 Å². The average Bonchev–Trinajstić information content (AvgIpc) is 2.52. The molecular weight excluding hydrogens is 166 g/mol. The fourth-order valence-corrected chi connectivity index (χ4v) is 1.45. The number of aromatic amines is 2. The summed E-state index contributed by atoms with van der Waals surface area (Å²) in [6.07, 6.45) is 0.949. The maximum absolute atomic E-state index is 11.1. The zero-order valence-corrected chi connectivity index (χ0v) is 8.48. The van der Waals surface area contributed by atoms with Crippen LogP contribution >= 0.6 is 0 Å². The van der Waals surface area contributed by atoms with E-state index in [2.05, 4.69) is 15.1 Å². The fraction of sp³-hybridized carbons (Fsp3) is 0.667. The lowest BCUT2D eigenvalue weighted by Crippen LogP contribution is -2.28. The van der Waals surface area contributed by atoms with Gasteiger partial charge in [-0.1, -0.05) is 13.8 Å². The SMILES string of the molecule is CC.CN1CCc2[nH][nH]c(=O)c2C1. The second-order valence-electron chi connectivity index (χ2n) is 3.02. The molecule has 2 rings (SSSR count). The Labute approximate surface area is 77.9 Å². The minimum absolute atomic E-state index is 0.0338. The van der Waals surface area contributed by atoms with Crippen molar-refractivity contribution in [2.24, 2.45) is 0 Å². The van der Waals surface area contributed by atoms with Gasteiger partial charge in [-0.05, 0) is 7.05 Å². The molecule has 2 N–H and O–H groups in total. The van der Waals surface area contributed by atoms with Crippen LogP contribution in [-0.4, -0.2) is 28.7 Å². The molecule has 0 saturated carbocycles. The van der Waals surface area contributed by atoms with Crippen molar-refractivity contribution in [3.8, 4) is 0 Å². The van der Waals surface area contributed by atoms with Crippen LogP contribution in [0.3, 0.4) is 0 Å². The van der Waals surface area contributed by atoms with Crippen molar-refractivity contribution in [1.82, 2.24) is 15.1 Å². The molecule has 0 bridgehead atoms. The third kappa shape index (κ3) is 2.01. The quantitative estimate of drug-likeness (QED) is 0.622. The molecular formula is C9H17N3O. The van der Waals surface area contributed by atoms with E-state index in [9.17, 15) is 4.79 Å². The summed E-state index contributed by atoms with van der Waals surface area (Å²) in [4.78, 5) is 13.2. The monoisotopic (exact) mass is 183 g/mol. The van der Waals surface area contributed by atoms with Crippen LogP contribution in [0.2, 0.25) is 0 Å². The number of nitrogens with one attached hydrogen (secondary N) is 2. The predicted molar refractivity (Wildman–Crippen MR) is 52.8 cm³/mol. The molecule has 1 aliphatic rings. The van der Waals surface area contributed by atoms with E-state index in [4.69, 9.17) is 0 Å². The molecule has 0 aliphatic carbocycles. The molecule has 0 spiro atoms. The molecule has 0 aromatic carbocycles. The molecule has 74 valence electrons. The van der Waals surface area contributed by atoms with Crippen molar-refractivity contribution in [1.29, 1.82) is 0 Å². The lowest BCUT2D eigenvalue weighted by Gasteiger charge is -2.20. The molecule has 0 unspecified atom stereocenters. The third-order valence-electron chi connectivity index (χ3n) is 2.14. The van der Waals surface area contributed by atoms with E-state index in [0.717, 1.165) is 30.8 Å². The van der Waals surface area contributed by atoms with Crippen LogP contribution in [0.1, 0.15) is 25.1 Å². The fourth-order valence-electron chi connectivity index (χ4n) is 1.45. The number of fused-ring (bicyclic) bond motifs is 1. The maximum atomic E-state index is 11.1. The van der Waals surface area contributed by atoms with Gasteiger partial charge in [0.2, 0.25) is 0 Å². The number of aromatic nitrogens is 2. The van der Waals surface area contributed by atoms with Gasteiger partial charge in [0.05, 0.1) is 5.56 Å². The Bertz CT molecular complexity index is 313. The summed E-state index contributed by atoms with van der Waals surface area (Å²) in [6.45, 7) is 5.80. The van der Waals surface area contributed by atoms with Gasteiger partial charge in [0, 0.05) is 25.2 Å². The summed E-state index contributed by atoms with van der Waals surface area (Å²) in [5.41, 5.74) is 2.01. The van der Waals surface area contributed by atoms with Crippen LogP contribution in [0, 0.1) is 0 Å². The lowest BCUT2D eigenvalue weighted by atomic mass is 10.1. The van der Waals surface area contributed by atoms with Gasteiger partial charge in [0.15, 0.2) is 0 Å². The van der Waals surface area contributed by atoms with Crippen LogP contribution in [0.25, 0.3) is 0 Å². The van der Waals surface area contributed by atoms with Crippen molar-refractivity contribution in [2.45, 2.75) is 26.8 Å². The van der Waals surface area contributed by atoms with Gasteiger partial charge in [-0.25, -0.2) is 0 Å². The van der Waals surface area contributed by atoms with Gasteiger partial charge < -0.3 is 10.00 Å². The number of likely N-dealkylation sites (N-methyl/N-ethyl adjacent to an activating group) is 1. The van der Waals surface area contributed by atoms with E-state index in [0.29, 0.717) is 0 Å². The van der Waals surface area contributed by atoms with Gasteiger partial charge in [-0.15, -0.1) is 0 Å². The Morgan fingerprint density at radius 1 is 1.31 bits per heavy atom. The smallest absolute Gasteiger partial charge is 0.268 e. The zero-order valence-electron chi connectivity index (χ0n) is 8.48. The maximum Gasteiger partial charge on any atom is 0.268 e. The number of hydrogen-bond donors (Lipinski definition) is 2. The molecule has 2 heterocycles. The second-order valence-corrected chi connectivity index (χ2v) is 3.02. The minimum Gasteiger partial charge on any atom is -0.302 e. The molecule has 0 fully saturated rings. The van der Waals surface area contributed by atoms with E-state index in [1.807, 2.05) is 20.9 Å². The number of nitrogens with zero attached hydrogens (tertiary/aromatic N) is 1. The molecule has 1 aromatic heterocycles. The highest BCUT2D eigenvalue weighted by Crippen LogP contribution is 2.10. The molecule has 13 heavy (non-hydrogen) atoms. The van der Waals surface area contributed by atoms with Gasteiger partial charge >= 0.3 is 0 Å². The first-order valence-electron chi connectivity index (χ1n) is 4.74. The largest absolute Gasteiger partial charge is 0.302 e. The first-order chi connectivity index (χ1) is 6.27. The summed E-state index contributed by atoms with van der Waals surface area (Å²) < 4.78 is 0. The Morgan fingerprint density at radius 3 is 2.69 bits per heavy atom. The summed E-state index contributed by atoms with van der Waals surface area (Å²) in [5.74, 6) is 0. The number of H-pyrrole nitrogens is 2. The standard InChI is InChI=1S/C7H11N3O.C2H6/c1-10-3-2-6-5(4-10)7(11)9-8-6;1-2/h2-4H2,1H3,(H2,8,9,11);1-2H3. The normalized spacial score (nSPS) is 15.9. The van der Waals surface area contributed by atoms with Gasteiger partial charge in [0.25, 0.3) is 5.56 Å². The highest BCUT2D eigenvalue weighted by atomic mass is 16.1. The van der Waals surface area contributed by atoms with E-state index < -0.39 is 0 Å². The second kappa shape index (κ2) is 4.28. The summed E-state index contributed by atoms with van der Waals surface area (Å²) in [6, 6.07) is 0. The van der Waals surface area contributed by atoms with Crippen LogP contribution in [0.15, 0.2) is 4.79 Å². The predicted octanol–water partition coefficient (Wildman–Crippen LogP) is 0.717. The van der Waals surface area contributed by atoms with Crippen molar-refractivity contribution < 1.29 is 0 Å². The minimum atomic E-state index is 0.0338. The molecule has 0 atom stereocenters. The van der Waals surface area contributed by atoms with Crippen LogP contribution in [-0.2, 0) is 13.0 Å². The van der Waals surface area contributed by atoms with E-state index in [1.54, 1.807) is 0 Å². The summed E-state index contributed by atoms with van der Waals surface area (Å²) in [7, 11) is 2.02. The van der Waals surface area contributed by atoms with Gasteiger partial charge in [-0.3, -0.25) is 9.89 Å². The van der Waals surface area contributed by atoms with Crippen LogP contribution in [0.4, 0.5) is 0 Å². The molecule has 4 heteroatoms. The Kier molecular flexibility index (Phi) is 3.31.